The Kier molecular flexibility index (Phi) is 7.38. The zero-order chi connectivity index (χ0) is 21.3. The number of amides is 1. The van der Waals surface area contributed by atoms with E-state index in [1.165, 1.54) is 13.2 Å². The summed E-state index contributed by atoms with van der Waals surface area (Å²) in [6.07, 6.45) is 0.289. The Labute approximate surface area is 174 Å². The Morgan fingerprint density at radius 1 is 0.900 bits per heavy atom. The topological polar surface area (TPSA) is 47.6 Å². The van der Waals surface area contributed by atoms with E-state index in [1.807, 2.05) is 60.7 Å². The Bertz CT molecular complexity index is 910. The van der Waals surface area contributed by atoms with Crippen molar-refractivity contribution in [1.82, 2.24) is 5.32 Å². The summed E-state index contributed by atoms with van der Waals surface area (Å²) >= 11 is 0. The first kappa shape index (κ1) is 21.3. The summed E-state index contributed by atoms with van der Waals surface area (Å²) in [6, 6.07) is 24.4. The highest BCUT2D eigenvalue weighted by molar-refractivity contribution is 5.77. The molecular formula is C24H23F2NO3. The van der Waals surface area contributed by atoms with E-state index in [0.29, 0.717) is 0 Å². The molecule has 1 amide bonds. The first-order valence-electron chi connectivity index (χ1n) is 9.55. The number of carbonyl (C=O) groups excluding carboxylic acids is 1. The second kappa shape index (κ2) is 10.4. The van der Waals surface area contributed by atoms with Crippen LogP contribution in [0.1, 0.15) is 29.0 Å². The van der Waals surface area contributed by atoms with Gasteiger partial charge in [0.05, 0.1) is 7.11 Å². The van der Waals surface area contributed by atoms with Crippen molar-refractivity contribution in [3.8, 4) is 11.5 Å². The summed E-state index contributed by atoms with van der Waals surface area (Å²) in [7, 11) is 1.38. The third kappa shape index (κ3) is 5.80. The van der Waals surface area contributed by atoms with E-state index in [9.17, 15) is 13.6 Å². The van der Waals surface area contributed by atoms with Gasteiger partial charge in [-0.1, -0.05) is 66.7 Å². The summed E-state index contributed by atoms with van der Waals surface area (Å²) in [5, 5.41) is 2.90. The van der Waals surface area contributed by atoms with Crippen LogP contribution in [-0.2, 0) is 11.3 Å². The molecule has 0 aromatic heterocycles. The first-order chi connectivity index (χ1) is 14.6. The number of benzene rings is 3. The second-order valence-corrected chi connectivity index (χ2v) is 6.72. The minimum absolute atomic E-state index is 0.0456. The van der Waals surface area contributed by atoms with Crippen LogP contribution in [0.25, 0.3) is 0 Å². The highest BCUT2D eigenvalue weighted by atomic mass is 19.3. The van der Waals surface area contributed by atoms with Crippen LogP contribution < -0.4 is 14.8 Å². The van der Waals surface area contributed by atoms with Gasteiger partial charge in [-0.05, 0) is 28.8 Å². The highest BCUT2D eigenvalue weighted by Gasteiger charge is 2.18. The third-order valence-corrected chi connectivity index (χ3v) is 4.73. The molecular weight excluding hydrogens is 388 g/mol. The van der Waals surface area contributed by atoms with Gasteiger partial charge in [-0.3, -0.25) is 4.79 Å². The molecule has 0 atom stereocenters. The van der Waals surface area contributed by atoms with E-state index >= 15 is 0 Å². The smallest absolute Gasteiger partial charge is 0.387 e. The molecule has 0 aliphatic heterocycles. The van der Waals surface area contributed by atoms with Crippen molar-refractivity contribution in [2.24, 2.45) is 0 Å². The van der Waals surface area contributed by atoms with Crippen LogP contribution in [0.5, 0.6) is 11.5 Å². The number of hydrogen-bond acceptors (Lipinski definition) is 3. The van der Waals surface area contributed by atoms with E-state index in [0.717, 1.165) is 16.7 Å². The molecule has 30 heavy (non-hydrogen) atoms. The standard InChI is InChI=1S/C24H23F2NO3/c1-29-22-14-17(12-13-21(22)30-24(25)26)16-27-23(28)15-20(18-8-4-2-5-9-18)19-10-6-3-7-11-19/h2-14,20,24H,15-16H2,1H3,(H,27,28). The molecule has 0 aliphatic carbocycles. The van der Waals surface area contributed by atoms with Gasteiger partial charge in [0.2, 0.25) is 5.91 Å². The second-order valence-electron chi connectivity index (χ2n) is 6.72. The van der Waals surface area contributed by atoms with Crippen LogP contribution >= 0.6 is 0 Å². The van der Waals surface area contributed by atoms with Crippen LogP contribution in [0, 0.1) is 0 Å². The van der Waals surface area contributed by atoms with Crippen molar-refractivity contribution >= 4 is 5.91 Å². The normalized spacial score (nSPS) is 10.8. The largest absolute Gasteiger partial charge is 0.493 e. The van der Waals surface area contributed by atoms with E-state index in [-0.39, 0.29) is 36.3 Å². The Balaban J connectivity index is 1.68. The number of ether oxygens (including phenoxy) is 2. The van der Waals surface area contributed by atoms with Gasteiger partial charge in [-0.25, -0.2) is 0 Å². The molecule has 0 heterocycles. The minimum Gasteiger partial charge on any atom is -0.493 e. The zero-order valence-electron chi connectivity index (χ0n) is 16.6. The molecule has 4 nitrogen and oxygen atoms in total. The van der Waals surface area contributed by atoms with Crippen molar-refractivity contribution in [2.75, 3.05) is 7.11 Å². The molecule has 3 aromatic rings. The molecule has 156 valence electrons. The van der Waals surface area contributed by atoms with Crippen molar-refractivity contribution < 1.29 is 23.0 Å². The monoisotopic (exact) mass is 411 g/mol. The first-order valence-corrected chi connectivity index (χ1v) is 9.55. The van der Waals surface area contributed by atoms with Gasteiger partial charge in [0.1, 0.15) is 0 Å². The number of carbonyl (C=O) groups is 1. The quantitative estimate of drug-likeness (QED) is 0.531. The maximum absolute atomic E-state index is 12.7. The SMILES string of the molecule is COc1cc(CNC(=O)CC(c2ccccc2)c2ccccc2)ccc1OC(F)F. The van der Waals surface area contributed by atoms with Crippen molar-refractivity contribution in [3.05, 3.63) is 95.6 Å². The molecule has 3 aromatic carbocycles. The van der Waals surface area contributed by atoms with E-state index in [2.05, 4.69) is 10.1 Å². The maximum Gasteiger partial charge on any atom is 0.387 e. The predicted octanol–water partition coefficient (Wildman–Crippen LogP) is 5.14. The number of methoxy groups -OCH3 is 1. The Morgan fingerprint density at radius 2 is 1.50 bits per heavy atom. The third-order valence-electron chi connectivity index (χ3n) is 4.73. The molecule has 0 saturated heterocycles. The van der Waals surface area contributed by atoms with Gasteiger partial charge in [0, 0.05) is 18.9 Å². The van der Waals surface area contributed by atoms with Crippen molar-refractivity contribution in [1.29, 1.82) is 0 Å². The van der Waals surface area contributed by atoms with Gasteiger partial charge in [-0.2, -0.15) is 8.78 Å². The summed E-state index contributed by atoms with van der Waals surface area (Å²) in [5.74, 6) is -0.0346. The predicted molar refractivity (Wildman–Crippen MR) is 111 cm³/mol. The number of alkyl halides is 2. The van der Waals surface area contributed by atoms with Crippen molar-refractivity contribution in [2.45, 2.75) is 25.5 Å². The van der Waals surface area contributed by atoms with Crippen LogP contribution in [0.15, 0.2) is 78.9 Å². The minimum atomic E-state index is -2.93. The van der Waals surface area contributed by atoms with Crippen LogP contribution in [0.3, 0.4) is 0 Å². The van der Waals surface area contributed by atoms with Gasteiger partial charge >= 0.3 is 6.61 Å². The lowest BCUT2D eigenvalue weighted by Gasteiger charge is -2.18. The molecule has 0 saturated carbocycles. The fraction of sp³-hybridized carbons (Fsp3) is 0.208. The number of rotatable bonds is 9. The molecule has 1 N–H and O–H groups in total. The molecule has 0 unspecified atom stereocenters. The summed E-state index contributed by atoms with van der Waals surface area (Å²) in [4.78, 5) is 12.7. The van der Waals surface area contributed by atoms with Crippen LogP contribution in [0.4, 0.5) is 8.78 Å². The van der Waals surface area contributed by atoms with Crippen LogP contribution in [-0.4, -0.2) is 19.6 Å². The average Bonchev–Trinajstić information content (AvgIpc) is 2.77. The fourth-order valence-electron chi connectivity index (χ4n) is 3.27. The van der Waals surface area contributed by atoms with Crippen LogP contribution in [0.2, 0.25) is 0 Å². The summed E-state index contributed by atoms with van der Waals surface area (Å²) in [5.41, 5.74) is 2.85. The van der Waals surface area contributed by atoms with E-state index < -0.39 is 6.61 Å². The fourth-order valence-corrected chi connectivity index (χ4v) is 3.27. The lowest BCUT2D eigenvalue weighted by atomic mass is 9.88. The van der Waals surface area contributed by atoms with E-state index in [1.54, 1.807) is 12.1 Å². The molecule has 3 rings (SSSR count). The summed E-state index contributed by atoms with van der Waals surface area (Å²) < 4.78 is 34.4. The molecule has 0 fully saturated rings. The lowest BCUT2D eigenvalue weighted by Crippen LogP contribution is -2.25. The molecule has 0 radical (unpaired) electrons. The molecule has 0 spiro atoms. The van der Waals surface area contributed by atoms with E-state index in [4.69, 9.17) is 4.74 Å². The molecule has 0 bridgehead atoms. The highest BCUT2D eigenvalue weighted by Crippen LogP contribution is 2.30. The van der Waals surface area contributed by atoms with Crippen molar-refractivity contribution in [3.63, 3.8) is 0 Å². The number of nitrogens with one attached hydrogen (secondary N) is 1. The number of halogens is 2. The van der Waals surface area contributed by atoms with Gasteiger partial charge in [0.25, 0.3) is 0 Å². The Morgan fingerprint density at radius 3 is 2.03 bits per heavy atom. The van der Waals surface area contributed by atoms with Gasteiger partial charge in [-0.15, -0.1) is 0 Å². The van der Waals surface area contributed by atoms with Gasteiger partial charge in [0.15, 0.2) is 11.5 Å². The number of hydrogen-bond donors (Lipinski definition) is 1. The maximum atomic E-state index is 12.7. The molecule has 0 aliphatic rings. The zero-order valence-corrected chi connectivity index (χ0v) is 16.6. The Hall–Kier alpha value is -3.41. The summed E-state index contributed by atoms with van der Waals surface area (Å²) in [6.45, 7) is -2.68. The van der Waals surface area contributed by atoms with Gasteiger partial charge < -0.3 is 14.8 Å². The lowest BCUT2D eigenvalue weighted by molar-refractivity contribution is -0.121. The molecule has 6 heteroatoms. The average molecular weight is 411 g/mol.